The Balaban J connectivity index is 1.15. The van der Waals surface area contributed by atoms with E-state index in [1.807, 2.05) is 18.2 Å². The monoisotopic (exact) mass is 681 g/mol. The van der Waals surface area contributed by atoms with Crippen LogP contribution in [0.5, 0.6) is 0 Å². The van der Waals surface area contributed by atoms with Gasteiger partial charge in [0.15, 0.2) is 17.5 Å². The van der Waals surface area contributed by atoms with Crippen molar-refractivity contribution in [2.45, 2.75) is 0 Å². The van der Waals surface area contributed by atoms with Gasteiger partial charge in [-0.1, -0.05) is 127 Å². The van der Waals surface area contributed by atoms with Gasteiger partial charge in [0.2, 0.25) is 0 Å². The van der Waals surface area contributed by atoms with E-state index < -0.39 is 0 Å². The first-order chi connectivity index (χ1) is 25.8. The van der Waals surface area contributed by atoms with Crippen molar-refractivity contribution in [2.75, 3.05) is 0 Å². The van der Waals surface area contributed by atoms with Crippen LogP contribution in [0.25, 0.3) is 109 Å². The second-order valence-corrected chi connectivity index (χ2v) is 14.2. The second kappa shape index (κ2) is 11.4. The molecule has 0 radical (unpaired) electrons. The highest BCUT2D eigenvalue weighted by Gasteiger charge is 2.20. The summed E-state index contributed by atoms with van der Waals surface area (Å²) in [5, 5.41) is 9.27. The Morgan fingerprint density at radius 1 is 0.365 bits per heavy atom. The summed E-state index contributed by atoms with van der Waals surface area (Å²) in [6.07, 6.45) is 0. The smallest absolute Gasteiger partial charge is 0.164 e. The molecule has 0 saturated carbocycles. The van der Waals surface area contributed by atoms with Gasteiger partial charge in [0, 0.05) is 47.6 Å². The Kier molecular flexibility index (Phi) is 6.39. The lowest BCUT2D eigenvalue weighted by Gasteiger charge is -2.11. The fourth-order valence-electron chi connectivity index (χ4n) is 7.77. The lowest BCUT2D eigenvalue weighted by Crippen LogP contribution is -2.00. The minimum atomic E-state index is 0.619. The number of hydrogen-bond donors (Lipinski definition) is 0. The molecular weight excluding hydrogens is 655 g/mol. The van der Waals surface area contributed by atoms with E-state index in [0.717, 1.165) is 49.6 Å². The summed E-state index contributed by atoms with van der Waals surface area (Å²) >= 11 is 1.79. The van der Waals surface area contributed by atoms with E-state index in [1.165, 1.54) is 41.9 Å². The summed E-state index contributed by atoms with van der Waals surface area (Å²) in [6, 6.07) is 57.3. The highest BCUT2D eigenvalue weighted by atomic mass is 32.1. The van der Waals surface area contributed by atoms with Crippen LogP contribution in [-0.4, -0.2) is 15.0 Å². The van der Waals surface area contributed by atoms with Crippen LogP contribution in [0.2, 0.25) is 0 Å². The third kappa shape index (κ3) is 4.50. The molecule has 0 spiro atoms. The fourth-order valence-corrected chi connectivity index (χ4v) is 8.90. The molecule has 0 saturated heterocycles. The molecule has 0 amide bonds. The summed E-state index contributed by atoms with van der Waals surface area (Å²) in [6.45, 7) is 0. The van der Waals surface area contributed by atoms with Crippen LogP contribution in [0.1, 0.15) is 0 Å². The van der Waals surface area contributed by atoms with Crippen LogP contribution in [0.4, 0.5) is 0 Å². The quantitative estimate of drug-likeness (QED) is 0.185. The van der Waals surface area contributed by atoms with Gasteiger partial charge in [-0.15, -0.1) is 11.3 Å². The molecule has 0 fully saturated rings. The summed E-state index contributed by atoms with van der Waals surface area (Å²) in [5.41, 5.74) is 6.87. The molecule has 3 heterocycles. The maximum Gasteiger partial charge on any atom is 0.164 e. The molecule has 0 aliphatic rings. The molecule has 52 heavy (non-hydrogen) atoms. The average Bonchev–Trinajstić information content (AvgIpc) is 3.79. The molecular formula is C47H27N3OS. The highest BCUT2D eigenvalue weighted by Crippen LogP contribution is 2.43. The molecule has 3 aromatic heterocycles. The van der Waals surface area contributed by atoms with Gasteiger partial charge in [-0.2, -0.15) is 0 Å². The van der Waals surface area contributed by atoms with Crippen molar-refractivity contribution in [3.8, 4) is 45.3 Å². The van der Waals surface area contributed by atoms with Crippen molar-refractivity contribution < 1.29 is 4.42 Å². The van der Waals surface area contributed by atoms with Crippen molar-refractivity contribution in [1.82, 2.24) is 15.0 Å². The fraction of sp³-hybridized carbons (Fsp3) is 0. The molecule has 0 aliphatic carbocycles. The van der Waals surface area contributed by atoms with E-state index in [-0.39, 0.29) is 0 Å². The zero-order valence-corrected chi connectivity index (χ0v) is 28.6. The largest absolute Gasteiger partial charge is 0.456 e. The molecule has 11 rings (SSSR count). The summed E-state index contributed by atoms with van der Waals surface area (Å²) < 4.78 is 9.10. The second-order valence-electron chi connectivity index (χ2n) is 13.1. The van der Waals surface area contributed by atoms with Gasteiger partial charge >= 0.3 is 0 Å². The zero-order chi connectivity index (χ0) is 34.2. The zero-order valence-electron chi connectivity index (χ0n) is 27.7. The lowest BCUT2D eigenvalue weighted by atomic mass is 9.92. The number of hydrogen-bond acceptors (Lipinski definition) is 5. The number of nitrogens with zero attached hydrogens (tertiary/aromatic N) is 3. The predicted molar refractivity (Wildman–Crippen MR) is 217 cm³/mol. The standard InChI is InChI=1S/C47H27N3OS/c1-2-13-29(14-3-1)45-48-46(50-47(49-45)36-21-11-23-42-44(36)35-19-8-9-22-41(35)52-42)30-24-25-39-38(26-30)43-34-18-7-6-17-33(34)37(27-40(43)51-39)32-20-10-15-28-12-4-5-16-31(28)32/h1-27H. The third-order valence-corrected chi connectivity index (χ3v) is 11.3. The molecule has 242 valence electrons. The summed E-state index contributed by atoms with van der Waals surface area (Å²) in [5.74, 6) is 1.91. The van der Waals surface area contributed by atoms with Gasteiger partial charge in [-0.3, -0.25) is 0 Å². The van der Waals surface area contributed by atoms with Crippen molar-refractivity contribution >= 4 is 75.0 Å². The molecule has 0 aliphatic heterocycles. The molecule has 0 N–H and O–H groups in total. The number of thiophene rings is 1. The van der Waals surface area contributed by atoms with Crippen LogP contribution in [0.15, 0.2) is 168 Å². The minimum absolute atomic E-state index is 0.619. The normalized spacial score (nSPS) is 11.8. The third-order valence-electron chi connectivity index (χ3n) is 10.1. The molecule has 0 bridgehead atoms. The Morgan fingerprint density at radius 2 is 1.02 bits per heavy atom. The van der Waals surface area contributed by atoms with Crippen molar-refractivity contribution in [3.05, 3.63) is 164 Å². The number of benzene rings is 8. The maximum atomic E-state index is 6.64. The first-order valence-electron chi connectivity index (χ1n) is 17.4. The Hall–Kier alpha value is -6.69. The molecule has 5 heteroatoms. The molecule has 4 nitrogen and oxygen atoms in total. The lowest BCUT2D eigenvalue weighted by molar-refractivity contribution is 0.669. The maximum absolute atomic E-state index is 6.64. The van der Waals surface area contributed by atoms with Gasteiger partial charge in [0.25, 0.3) is 0 Å². The Labute approximate surface area is 302 Å². The Bertz CT molecular complexity index is 3190. The molecule has 0 unspecified atom stereocenters. The van der Waals surface area contributed by atoms with Crippen molar-refractivity contribution in [1.29, 1.82) is 0 Å². The number of furan rings is 1. The van der Waals surface area contributed by atoms with Crippen LogP contribution < -0.4 is 0 Å². The first kappa shape index (κ1) is 29.1. The number of fused-ring (bicyclic) bond motifs is 9. The minimum Gasteiger partial charge on any atom is -0.456 e. The summed E-state index contributed by atoms with van der Waals surface area (Å²) in [7, 11) is 0. The van der Waals surface area contributed by atoms with E-state index in [0.29, 0.717) is 17.5 Å². The van der Waals surface area contributed by atoms with E-state index in [4.69, 9.17) is 19.4 Å². The number of rotatable bonds is 4. The molecule has 8 aromatic carbocycles. The molecule has 0 atom stereocenters. The van der Waals surface area contributed by atoms with E-state index >= 15 is 0 Å². The number of aromatic nitrogens is 3. The van der Waals surface area contributed by atoms with Crippen LogP contribution >= 0.6 is 11.3 Å². The average molecular weight is 682 g/mol. The summed E-state index contributed by atoms with van der Waals surface area (Å²) in [4.78, 5) is 15.4. The van der Waals surface area contributed by atoms with Gasteiger partial charge in [0.1, 0.15) is 11.2 Å². The van der Waals surface area contributed by atoms with Crippen molar-refractivity contribution in [2.24, 2.45) is 0 Å². The van der Waals surface area contributed by atoms with Crippen LogP contribution in [-0.2, 0) is 0 Å². The Morgan fingerprint density at radius 3 is 1.90 bits per heavy atom. The topological polar surface area (TPSA) is 51.8 Å². The van der Waals surface area contributed by atoms with Gasteiger partial charge in [-0.25, -0.2) is 15.0 Å². The van der Waals surface area contributed by atoms with Crippen molar-refractivity contribution in [3.63, 3.8) is 0 Å². The van der Waals surface area contributed by atoms with E-state index in [2.05, 4.69) is 146 Å². The van der Waals surface area contributed by atoms with Gasteiger partial charge in [-0.05, 0) is 69.1 Å². The van der Waals surface area contributed by atoms with E-state index in [1.54, 1.807) is 11.3 Å². The molecule has 11 aromatic rings. The van der Waals surface area contributed by atoms with Gasteiger partial charge < -0.3 is 4.42 Å². The highest BCUT2D eigenvalue weighted by molar-refractivity contribution is 7.25. The van der Waals surface area contributed by atoms with Gasteiger partial charge in [0.05, 0.1) is 0 Å². The van der Waals surface area contributed by atoms with Crippen LogP contribution in [0.3, 0.4) is 0 Å². The van der Waals surface area contributed by atoms with E-state index in [9.17, 15) is 0 Å². The predicted octanol–water partition coefficient (Wildman–Crippen LogP) is 13.1. The van der Waals surface area contributed by atoms with Crippen LogP contribution in [0, 0.1) is 0 Å². The first-order valence-corrected chi connectivity index (χ1v) is 18.2. The SMILES string of the molecule is c1ccc(-c2nc(-c3ccc4oc5cc(-c6cccc7ccccc67)c6ccccc6c5c4c3)nc(-c3cccc4sc5ccccc5c34)n2)cc1.